The Hall–Kier alpha value is -1.27. The van der Waals surface area contributed by atoms with Gasteiger partial charge in [0.05, 0.1) is 20.6 Å². The molecule has 0 radical (unpaired) electrons. The predicted octanol–water partition coefficient (Wildman–Crippen LogP) is 5.66. The standard InChI is InChI=1S/C17H18ClIN2O/c1-4-21(3)11-20-15-10-13(18)17(9-12(15)2)22-16-8-6-5-7-14(16)19/h5-11H,4H2,1-3H3/b20-11-. The van der Waals surface area contributed by atoms with E-state index >= 15 is 0 Å². The highest BCUT2D eigenvalue weighted by atomic mass is 127. The van der Waals surface area contributed by atoms with Crippen LogP contribution in [-0.4, -0.2) is 24.8 Å². The number of nitrogens with zero attached hydrogens (tertiary/aromatic N) is 2. The summed E-state index contributed by atoms with van der Waals surface area (Å²) in [6.07, 6.45) is 1.80. The SMILES string of the molecule is CCN(C)/C=N\c1cc(Cl)c(Oc2ccccc2I)cc1C. The molecule has 0 unspecified atom stereocenters. The van der Waals surface area contributed by atoms with Gasteiger partial charge in [-0.25, -0.2) is 4.99 Å². The van der Waals surface area contributed by atoms with Crippen molar-refractivity contribution in [2.75, 3.05) is 13.6 Å². The predicted molar refractivity (Wildman–Crippen MR) is 102 cm³/mol. The van der Waals surface area contributed by atoms with Crippen LogP contribution < -0.4 is 4.74 Å². The zero-order valence-electron chi connectivity index (χ0n) is 12.8. The lowest BCUT2D eigenvalue weighted by atomic mass is 10.2. The van der Waals surface area contributed by atoms with E-state index in [0.717, 1.165) is 27.1 Å². The molecule has 0 aliphatic heterocycles. The molecule has 0 spiro atoms. The Morgan fingerprint density at radius 2 is 2.00 bits per heavy atom. The van der Waals surface area contributed by atoms with E-state index in [-0.39, 0.29) is 0 Å². The molecule has 0 fully saturated rings. The number of benzene rings is 2. The maximum Gasteiger partial charge on any atom is 0.146 e. The first-order chi connectivity index (χ1) is 10.5. The summed E-state index contributed by atoms with van der Waals surface area (Å²) in [7, 11) is 1.98. The van der Waals surface area contributed by atoms with E-state index in [1.54, 1.807) is 6.34 Å². The van der Waals surface area contributed by atoms with Gasteiger partial charge in [0.15, 0.2) is 0 Å². The highest BCUT2D eigenvalue weighted by molar-refractivity contribution is 14.1. The molecular formula is C17H18ClIN2O. The van der Waals surface area contributed by atoms with Crippen LogP contribution >= 0.6 is 34.2 Å². The topological polar surface area (TPSA) is 24.8 Å². The van der Waals surface area contributed by atoms with E-state index in [1.807, 2.05) is 55.3 Å². The Balaban J connectivity index is 2.27. The van der Waals surface area contributed by atoms with Crippen molar-refractivity contribution in [1.82, 2.24) is 4.90 Å². The zero-order valence-corrected chi connectivity index (χ0v) is 15.7. The number of hydrogen-bond donors (Lipinski definition) is 0. The molecule has 0 amide bonds. The van der Waals surface area contributed by atoms with Gasteiger partial charge in [0.1, 0.15) is 11.5 Å². The third-order valence-corrected chi connectivity index (χ3v) is 4.39. The van der Waals surface area contributed by atoms with Crippen LogP contribution in [0.4, 0.5) is 5.69 Å². The van der Waals surface area contributed by atoms with E-state index < -0.39 is 0 Å². The molecule has 0 aliphatic rings. The summed E-state index contributed by atoms with van der Waals surface area (Å²) in [5.74, 6) is 1.44. The van der Waals surface area contributed by atoms with E-state index in [0.29, 0.717) is 10.8 Å². The minimum absolute atomic E-state index is 0.552. The number of aryl methyl sites for hydroxylation is 1. The van der Waals surface area contributed by atoms with Gasteiger partial charge in [-0.05, 0) is 66.3 Å². The fourth-order valence-electron chi connectivity index (χ4n) is 1.75. The molecule has 3 nitrogen and oxygen atoms in total. The van der Waals surface area contributed by atoms with Crippen molar-refractivity contribution in [3.05, 3.63) is 50.6 Å². The fraction of sp³-hybridized carbons (Fsp3) is 0.235. The Labute approximate surface area is 150 Å². The van der Waals surface area contributed by atoms with Crippen molar-refractivity contribution in [3.63, 3.8) is 0 Å². The lowest BCUT2D eigenvalue weighted by Gasteiger charge is -2.12. The fourth-order valence-corrected chi connectivity index (χ4v) is 2.44. The van der Waals surface area contributed by atoms with Gasteiger partial charge in [-0.15, -0.1) is 0 Å². The lowest BCUT2D eigenvalue weighted by molar-refractivity contribution is 0.479. The maximum absolute atomic E-state index is 6.34. The summed E-state index contributed by atoms with van der Waals surface area (Å²) in [6, 6.07) is 11.6. The number of ether oxygens (including phenoxy) is 1. The molecule has 0 bridgehead atoms. The van der Waals surface area contributed by atoms with Gasteiger partial charge in [0, 0.05) is 13.6 Å². The maximum atomic E-state index is 6.34. The van der Waals surface area contributed by atoms with Crippen molar-refractivity contribution >= 4 is 46.2 Å². The van der Waals surface area contributed by atoms with E-state index in [2.05, 4.69) is 34.5 Å². The second kappa shape index (κ2) is 7.83. The largest absolute Gasteiger partial charge is 0.455 e. The molecule has 0 heterocycles. The summed E-state index contributed by atoms with van der Waals surface area (Å²) >= 11 is 8.58. The van der Waals surface area contributed by atoms with Crippen molar-refractivity contribution < 1.29 is 4.74 Å². The Morgan fingerprint density at radius 1 is 1.27 bits per heavy atom. The molecule has 2 aromatic rings. The Morgan fingerprint density at radius 3 is 2.68 bits per heavy atom. The van der Waals surface area contributed by atoms with Crippen LogP contribution in [0.15, 0.2) is 41.4 Å². The highest BCUT2D eigenvalue weighted by Crippen LogP contribution is 2.36. The summed E-state index contributed by atoms with van der Waals surface area (Å²) < 4.78 is 6.96. The summed E-state index contributed by atoms with van der Waals surface area (Å²) in [4.78, 5) is 6.47. The van der Waals surface area contributed by atoms with Gasteiger partial charge in [-0.2, -0.15) is 0 Å². The van der Waals surface area contributed by atoms with Crippen molar-refractivity contribution in [2.45, 2.75) is 13.8 Å². The van der Waals surface area contributed by atoms with Crippen LogP contribution in [0.2, 0.25) is 5.02 Å². The molecule has 0 saturated carbocycles. The van der Waals surface area contributed by atoms with Gasteiger partial charge >= 0.3 is 0 Å². The van der Waals surface area contributed by atoms with Gasteiger partial charge in [0.2, 0.25) is 0 Å². The number of aliphatic imine (C=N–C) groups is 1. The number of halogens is 2. The van der Waals surface area contributed by atoms with Crippen LogP contribution in [0.3, 0.4) is 0 Å². The smallest absolute Gasteiger partial charge is 0.146 e. The van der Waals surface area contributed by atoms with Crippen LogP contribution in [0.25, 0.3) is 0 Å². The second-order valence-electron chi connectivity index (χ2n) is 4.92. The monoisotopic (exact) mass is 428 g/mol. The number of hydrogen-bond acceptors (Lipinski definition) is 2. The third-order valence-electron chi connectivity index (χ3n) is 3.20. The van der Waals surface area contributed by atoms with Crippen molar-refractivity contribution in [3.8, 4) is 11.5 Å². The number of rotatable bonds is 5. The molecule has 0 N–H and O–H groups in total. The molecule has 0 atom stereocenters. The van der Waals surface area contributed by atoms with Crippen molar-refractivity contribution in [1.29, 1.82) is 0 Å². The minimum Gasteiger partial charge on any atom is -0.455 e. The molecule has 0 aliphatic carbocycles. The normalized spacial score (nSPS) is 11.0. The van der Waals surface area contributed by atoms with E-state index in [1.165, 1.54) is 0 Å². The molecule has 0 saturated heterocycles. The molecule has 2 aromatic carbocycles. The Kier molecular flexibility index (Phi) is 6.08. The molecule has 116 valence electrons. The van der Waals surface area contributed by atoms with Gasteiger partial charge < -0.3 is 9.64 Å². The second-order valence-corrected chi connectivity index (χ2v) is 6.49. The lowest BCUT2D eigenvalue weighted by Crippen LogP contribution is -2.14. The first-order valence-electron chi connectivity index (χ1n) is 6.98. The first-order valence-corrected chi connectivity index (χ1v) is 8.44. The third kappa shape index (κ3) is 4.36. The van der Waals surface area contributed by atoms with Gasteiger partial charge in [-0.3, -0.25) is 0 Å². The van der Waals surface area contributed by atoms with Crippen LogP contribution in [0.1, 0.15) is 12.5 Å². The van der Waals surface area contributed by atoms with Gasteiger partial charge in [-0.1, -0.05) is 23.7 Å². The molecule has 5 heteroatoms. The minimum atomic E-state index is 0.552. The summed E-state index contributed by atoms with van der Waals surface area (Å²) in [6.45, 7) is 4.98. The molecule has 2 rings (SSSR count). The van der Waals surface area contributed by atoms with E-state index in [4.69, 9.17) is 16.3 Å². The quantitative estimate of drug-likeness (QED) is 0.349. The van der Waals surface area contributed by atoms with Gasteiger partial charge in [0.25, 0.3) is 0 Å². The first kappa shape index (κ1) is 17.1. The summed E-state index contributed by atoms with van der Waals surface area (Å²) in [5.41, 5.74) is 1.87. The van der Waals surface area contributed by atoms with Crippen LogP contribution in [0, 0.1) is 10.5 Å². The molecule has 22 heavy (non-hydrogen) atoms. The van der Waals surface area contributed by atoms with Crippen molar-refractivity contribution in [2.24, 2.45) is 4.99 Å². The zero-order chi connectivity index (χ0) is 16.1. The average Bonchev–Trinajstić information content (AvgIpc) is 2.51. The van der Waals surface area contributed by atoms with Crippen LogP contribution in [0.5, 0.6) is 11.5 Å². The highest BCUT2D eigenvalue weighted by Gasteiger charge is 2.09. The number of para-hydroxylation sites is 1. The molecule has 0 aromatic heterocycles. The van der Waals surface area contributed by atoms with Crippen LogP contribution in [-0.2, 0) is 0 Å². The Bertz CT molecular complexity index is 688. The molecular weight excluding hydrogens is 411 g/mol. The summed E-state index contributed by atoms with van der Waals surface area (Å²) in [5, 5.41) is 0.552. The van der Waals surface area contributed by atoms with E-state index in [9.17, 15) is 0 Å². The average molecular weight is 429 g/mol.